The highest BCUT2D eigenvalue weighted by atomic mass is 35.5. The zero-order valence-electron chi connectivity index (χ0n) is 14.7. The molecule has 2 rings (SSSR count). The van der Waals surface area contributed by atoms with E-state index in [2.05, 4.69) is 67.6 Å². The van der Waals surface area contributed by atoms with Crippen LogP contribution in [0.4, 0.5) is 5.69 Å². The van der Waals surface area contributed by atoms with Gasteiger partial charge in [-0.1, -0.05) is 41.4 Å². The fraction of sp³-hybridized carbons (Fsp3) is 0.368. The Morgan fingerprint density at radius 1 is 0.958 bits per heavy atom. The molecule has 0 aliphatic carbocycles. The minimum absolute atomic E-state index is 0.298. The van der Waals surface area contributed by atoms with Crippen LogP contribution < -0.4 is 10.2 Å². The summed E-state index contributed by atoms with van der Waals surface area (Å²) >= 11 is 12.2. The lowest BCUT2D eigenvalue weighted by atomic mass is 10.0. The molecule has 1 N–H and O–H groups in total. The molecule has 0 radical (unpaired) electrons. The summed E-state index contributed by atoms with van der Waals surface area (Å²) in [4.78, 5) is 4.33. The van der Waals surface area contributed by atoms with Crippen LogP contribution in [0.5, 0.6) is 0 Å². The van der Waals surface area contributed by atoms with Crippen LogP contribution in [-0.4, -0.2) is 39.6 Å². The Bertz CT molecular complexity index is 654. The molecule has 0 aliphatic heterocycles. The van der Waals surface area contributed by atoms with Gasteiger partial charge in [-0.2, -0.15) is 0 Å². The smallest absolute Gasteiger partial charge is 0.0466 e. The lowest BCUT2D eigenvalue weighted by Crippen LogP contribution is -2.30. The van der Waals surface area contributed by atoms with Gasteiger partial charge in [-0.25, -0.2) is 0 Å². The third kappa shape index (κ3) is 5.12. The van der Waals surface area contributed by atoms with Gasteiger partial charge in [-0.3, -0.25) is 0 Å². The number of benzene rings is 2. The molecule has 1 atom stereocenters. The van der Waals surface area contributed by atoms with Gasteiger partial charge in [0.15, 0.2) is 0 Å². The first-order valence-electron chi connectivity index (χ1n) is 7.97. The number of rotatable bonds is 7. The summed E-state index contributed by atoms with van der Waals surface area (Å²) < 4.78 is 0. The minimum Gasteiger partial charge on any atom is -0.378 e. The Morgan fingerprint density at radius 2 is 1.62 bits per heavy atom. The summed E-state index contributed by atoms with van der Waals surface area (Å²) in [5.41, 5.74) is 3.55. The average molecular weight is 366 g/mol. The van der Waals surface area contributed by atoms with Crippen LogP contribution in [0.2, 0.25) is 10.0 Å². The van der Waals surface area contributed by atoms with Gasteiger partial charge in [0.25, 0.3) is 0 Å². The lowest BCUT2D eigenvalue weighted by molar-refractivity contribution is 0.288. The molecule has 130 valence electrons. The Hall–Kier alpha value is -1.26. The second-order valence-electron chi connectivity index (χ2n) is 6.33. The van der Waals surface area contributed by atoms with Crippen molar-refractivity contribution in [2.75, 3.05) is 39.6 Å². The summed E-state index contributed by atoms with van der Waals surface area (Å²) in [5, 5.41) is 4.86. The van der Waals surface area contributed by atoms with Crippen LogP contribution in [0.1, 0.15) is 17.2 Å². The third-order valence-corrected chi connectivity index (χ3v) is 4.67. The van der Waals surface area contributed by atoms with E-state index in [-0.39, 0.29) is 0 Å². The molecule has 0 amide bonds. The Morgan fingerprint density at radius 3 is 2.17 bits per heavy atom. The first-order chi connectivity index (χ1) is 11.4. The standard InChI is InChI=1S/C19H25Cl2N3/c1-23(2)17-9-6-14(7-10-17)19(24(3)4)13-22-12-15-5-8-16(20)11-18(15)21/h5-11,19,22H,12-13H2,1-4H3. The van der Waals surface area contributed by atoms with E-state index >= 15 is 0 Å². The van der Waals surface area contributed by atoms with E-state index < -0.39 is 0 Å². The van der Waals surface area contributed by atoms with Crippen molar-refractivity contribution in [3.8, 4) is 0 Å². The molecule has 1 unspecified atom stereocenters. The van der Waals surface area contributed by atoms with Gasteiger partial charge in [0.1, 0.15) is 0 Å². The second kappa shape index (κ2) is 8.72. The summed E-state index contributed by atoms with van der Waals surface area (Å²) in [6, 6.07) is 14.6. The number of hydrogen-bond acceptors (Lipinski definition) is 3. The predicted octanol–water partition coefficient (Wildman–Crippen LogP) is 4.45. The fourth-order valence-corrected chi connectivity index (χ4v) is 3.08. The van der Waals surface area contributed by atoms with Crippen LogP contribution in [0.25, 0.3) is 0 Å². The highest BCUT2D eigenvalue weighted by Crippen LogP contribution is 2.23. The number of nitrogens with one attached hydrogen (secondary N) is 1. The van der Waals surface area contributed by atoms with Gasteiger partial charge < -0.3 is 15.1 Å². The van der Waals surface area contributed by atoms with Crippen molar-refractivity contribution in [1.82, 2.24) is 10.2 Å². The van der Waals surface area contributed by atoms with Gasteiger partial charge >= 0.3 is 0 Å². The van der Waals surface area contributed by atoms with Gasteiger partial charge in [0, 0.05) is 49.0 Å². The first kappa shape index (κ1) is 19.1. The number of anilines is 1. The maximum atomic E-state index is 6.23. The summed E-state index contributed by atoms with van der Waals surface area (Å²) in [7, 11) is 8.30. The molecular formula is C19H25Cl2N3. The van der Waals surface area contributed by atoms with Gasteiger partial charge in [-0.15, -0.1) is 0 Å². The van der Waals surface area contributed by atoms with E-state index in [1.807, 2.05) is 12.1 Å². The van der Waals surface area contributed by atoms with Crippen LogP contribution in [0.3, 0.4) is 0 Å². The summed E-state index contributed by atoms with van der Waals surface area (Å²) in [6.07, 6.45) is 0. The van der Waals surface area contributed by atoms with Crippen molar-refractivity contribution in [2.45, 2.75) is 12.6 Å². The highest BCUT2D eigenvalue weighted by Gasteiger charge is 2.14. The molecule has 0 aromatic heterocycles. The molecule has 0 heterocycles. The zero-order valence-corrected chi connectivity index (χ0v) is 16.2. The number of nitrogens with zero attached hydrogens (tertiary/aromatic N) is 2. The Balaban J connectivity index is 2.01. The van der Waals surface area contributed by atoms with E-state index in [1.54, 1.807) is 6.07 Å². The van der Waals surface area contributed by atoms with Crippen LogP contribution >= 0.6 is 23.2 Å². The molecule has 0 aliphatic rings. The fourth-order valence-electron chi connectivity index (χ4n) is 2.60. The number of hydrogen-bond donors (Lipinski definition) is 1. The molecule has 3 nitrogen and oxygen atoms in total. The van der Waals surface area contributed by atoms with E-state index in [1.165, 1.54) is 11.3 Å². The van der Waals surface area contributed by atoms with Crippen molar-refractivity contribution < 1.29 is 0 Å². The Labute approximate surface area is 155 Å². The van der Waals surface area contributed by atoms with E-state index in [0.29, 0.717) is 16.1 Å². The largest absolute Gasteiger partial charge is 0.378 e. The van der Waals surface area contributed by atoms with Crippen molar-refractivity contribution >= 4 is 28.9 Å². The number of likely N-dealkylation sites (N-methyl/N-ethyl adjacent to an activating group) is 1. The van der Waals surface area contributed by atoms with Gasteiger partial charge in [-0.05, 0) is 49.5 Å². The van der Waals surface area contributed by atoms with Crippen molar-refractivity contribution in [2.24, 2.45) is 0 Å². The lowest BCUT2D eigenvalue weighted by Gasteiger charge is -2.26. The van der Waals surface area contributed by atoms with Crippen LogP contribution in [0.15, 0.2) is 42.5 Å². The molecule has 0 fully saturated rings. The van der Waals surface area contributed by atoms with E-state index in [0.717, 1.165) is 18.7 Å². The highest BCUT2D eigenvalue weighted by molar-refractivity contribution is 6.35. The molecule has 2 aromatic carbocycles. The topological polar surface area (TPSA) is 18.5 Å². The molecule has 5 heteroatoms. The van der Waals surface area contributed by atoms with Crippen LogP contribution in [-0.2, 0) is 6.54 Å². The third-order valence-electron chi connectivity index (χ3n) is 4.09. The summed E-state index contributed by atoms with van der Waals surface area (Å²) in [6.45, 7) is 1.56. The minimum atomic E-state index is 0.298. The second-order valence-corrected chi connectivity index (χ2v) is 7.18. The maximum absolute atomic E-state index is 6.23. The van der Waals surface area contributed by atoms with Crippen molar-refractivity contribution in [1.29, 1.82) is 0 Å². The van der Waals surface area contributed by atoms with E-state index in [9.17, 15) is 0 Å². The van der Waals surface area contributed by atoms with Gasteiger partial charge in [0.05, 0.1) is 0 Å². The predicted molar refractivity (Wildman–Crippen MR) is 105 cm³/mol. The van der Waals surface area contributed by atoms with Crippen molar-refractivity contribution in [3.63, 3.8) is 0 Å². The van der Waals surface area contributed by atoms with Gasteiger partial charge in [0.2, 0.25) is 0 Å². The molecule has 0 bridgehead atoms. The zero-order chi connectivity index (χ0) is 17.7. The molecule has 0 spiro atoms. The molecular weight excluding hydrogens is 341 g/mol. The number of halogens is 2. The maximum Gasteiger partial charge on any atom is 0.0466 e. The monoisotopic (exact) mass is 365 g/mol. The SMILES string of the molecule is CN(C)c1ccc(C(CNCc2ccc(Cl)cc2Cl)N(C)C)cc1. The average Bonchev–Trinajstić information content (AvgIpc) is 2.53. The first-order valence-corrected chi connectivity index (χ1v) is 8.72. The summed E-state index contributed by atoms with van der Waals surface area (Å²) in [5.74, 6) is 0. The Kier molecular flexibility index (Phi) is 6.93. The van der Waals surface area contributed by atoms with Crippen LogP contribution in [0, 0.1) is 0 Å². The molecule has 2 aromatic rings. The van der Waals surface area contributed by atoms with E-state index in [4.69, 9.17) is 23.2 Å². The molecule has 0 saturated carbocycles. The normalized spacial score (nSPS) is 12.5. The quantitative estimate of drug-likeness (QED) is 0.781. The molecule has 0 saturated heterocycles. The van der Waals surface area contributed by atoms with Crippen molar-refractivity contribution in [3.05, 3.63) is 63.6 Å². The molecule has 24 heavy (non-hydrogen) atoms.